The van der Waals surface area contributed by atoms with Crippen LogP contribution in [0.2, 0.25) is 0 Å². The van der Waals surface area contributed by atoms with Crippen molar-refractivity contribution >= 4 is 5.78 Å². The number of ketones is 1. The lowest BCUT2D eigenvalue weighted by Gasteiger charge is -1.97. The van der Waals surface area contributed by atoms with E-state index < -0.39 is 0 Å². The van der Waals surface area contributed by atoms with Crippen LogP contribution in [0.5, 0.6) is 0 Å². The fourth-order valence-electron chi connectivity index (χ4n) is 1.21. The second kappa shape index (κ2) is 5.38. The van der Waals surface area contributed by atoms with Gasteiger partial charge >= 0.3 is 0 Å². The molecule has 0 aliphatic rings. The third-order valence-electron chi connectivity index (χ3n) is 2.08. The molecule has 74 valence electrons. The molecule has 0 fully saturated rings. The molecule has 1 heteroatoms. The van der Waals surface area contributed by atoms with E-state index in [2.05, 4.69) is 6.92 Å². The van der Waals surface area contributed by atoms with Crippen LogP contribution in [0.15, 0.2) is 36.4 Å². The van der Waals surface area contributed by atoms with Crippen LogP contribution in [-0.2, 0) is 0 Å². The van der Waals surface area contributed by atoms with Crippen molar-refractivity contribution in [2.75, 3.05) is 0 Å². The fourth-order valence-corrected chi connectivity index (χ4v) is 1.21. The topological polar surface area (TPSA) is 17.1 Å². The Morgan fingerprint density at radius 3 is 2.43 bits per heavy atom. The number of hydrogen-bond acceptors (Lipinski definition) is 1. The van der Waals surface area contributed by atoms with Gasteiger partial charge in [-0.2, -0.15) is 0 Å². The maximum atomic E-state index is 11.6. The molecule has 0 heterocycles. The van der Waals surface area contributed by atoms with Crippen LogP contribution in [0.3, 0.4) is 0 Å². The van der Waals surface area contributed by atoms with Crippen LogP contribution in [-0.4, -0.2) is 5.78 Å². The molecule has 0 aliphatic heterocycles. The quantitative estimate of drug-likeness (QED) is 0.521. The Morgan fingerprint density at radius 2 is 1.86 bits per heavy atom. The summed E-state index contributed by atoms with van der Waals surface area (Å²) in [7, 11) is 0. The summed E-state index contributed by atoms with van der Waals surface area (Å²) in [6.45, 7) is 4.08. The molecule has 14 heavy (non-hydrogen) atoms. The Labute approximate surface area is 85.5 Å². The average Bonchev–Trinajstić information content (AvgIpc) is 2.19. The van der Waals surface area contributed by atoms with Crippen molar-refractivity contribution in [2.45, 2.75) is 26.7 Å². The van der Waals surface area contributed by atoms with Gasteiger partial charge in [0.15, 0.2) is 5.78 Å². The van der Waals surface area contributed by atoms with E-state index in [1.807, 2.05) is 43.3 Å². The Bertz CT molecular complexity index is 320. The molecule has 0 aromatic heterocycles. The molecule has 0 amide bonds. The first-order chi connectivity index (χ1) is 6.74. The summed E-state index contributed by atoms with van der Waals surface area (Å²) in [5, 5.41) is 0. The third kappa shape index (κ3) is 3.17. The number of hydrogen-bond donors (Lipinski definition) is 0. The van der Waals surface area contributed by atoms with E-state index in [9.17, 15) is 4.79 Å². The van der Waals surface area contributed by atoms with E-state index in [0.717, 1.165) is 12.0 Å². The van der Waals surface area contributed by atoms with Gasteiger partial charge in [-0.15, -0.1) is 0 Å². The van der Waals surface area contributed by atoms with Gasteiger partial charge in [0.2, 0.25) is 0 Å². The second-order valence-electron chi connectivity index (χ2n) is 3.37. The van der Waals surface area contributed by atoms with Crippen molar-refractivity contribution in [1.29, 1.82) is 0 Å². The van der Waals surface area contributed by atoms with Crippen LogP contribution >= 0.6 is 0 Å². The van der Waals surface area contributed by atoms with E-state index >= 15 is 0 Å². The summed E-state index contributed by atoms with van der Waals surface area (Å²) in [5.74, 6) is 0.190. The van der Waals surface area contributed by atoms with E-state index in [1.54, 1.807) is 0 Å². The van der Waals surface area contributed by atoms with Gasteiger partial charge < -0.3 is 0 Å². The zero-order chi connectivity index (χ0) is 10.4. The zero-order valence-electron chi connectivity index (χ0n) is 8.79. The Kier molecular flexibility index (Phi) is 4.11. The Morgan fingerprint density at radius 1 is 1.21 bits per heavy atom. The van der Waals surface area contributed by atoms with E-state index in [1.165, 1.54) is 5.56 Å². The molecular formula is C13H16O. The zero-order valence-corrected chi connectivity index (χ0v) is 8.79. The van der Waals surface area contributed by atoms with E-state index in [4.69, 9.17) is 0 Å². The van der Waals surface area contributed by atoms with Crippen LogP contribution in [0.4, 0.5) is 0 Å². The number of carbonyl (C=O) groups is 1. The highest BCUT2D eigenvalue weighted by atomic mass is 16.1. The Balaban J connectivity index is 2.61. The normalized spacial score (nSPS) is 10.7. The smallest absolute Gasteiger partial charge is 0.166 e. The first kappa shape index (κ1) is 10.7. The highest BCUT2D eigenvalue weighted by Crippen LogP contribution is 2.06. The van der Waals surface area contributed by atoms with Gasteiger partial charge in [-0.1, -0.05) is 48.9 Å². The average molecular weight is 188 g/mol. The minimum absolute atomic E-state index is 0.190. The summed E-state index contributed by atoms with van der Waals surface area (Å²) in [6.07, 6.45) is 5.45. The van der Waals surface area contributed by atoms with Crippen molar-refractivity contribution in [3.8, 4) is 0 Å². The minimum Gasteiger partial charge on any atom is -0.294 e. The van der Waals surface area contributed by atoms with Crippen molar-refractivity contribution in [2.24, 2.45) is 0 Å². The van der Waals surface area contributed by atoms with Gasteiger partial charge in [-0.05, 0) is 13.3 Å². The lowest BCUT2D eigenvalue weighted by molar-refractivity contribution is 0.0996. The fraction of sp³-hybridized carbons (Fsp3) is 0.308. The van der Waals surface area contributed by atoms with Crippen LogP contribution in [0.25, 0.3) is 0 Å². The van der Waals surface area contributed by atoms with Crippen LogP contribution in [0.1, 0.15) is 35.7 Å². The predicted molar refractivity (Wildman–Crippen MR) is 59.6 cm³/mol. The van der Waals surface area contributed by atoms with E-state index in [-0.39, 0.29) is 5.78 Å². The molecule has 0 bridgehead atoms. The van der Waals surface area contributed by atoms with Gasteiger partial charge in [-0.25, -0.2) is 0 Å². The van der Waals surface area contributed by atoms with Gasteiger partial charge in [0.1, 0.15) is 0 Å². The molecule has 0 unspecified atom stereocenters. The molecule has 0 radical (unpaired) electrons. The number of Topliss-reactive ketones (excluding diaryl/α,β-unsaturated/α-hetero) is 1. The molecule has 0 saturated carbocycles. The molecule has 1 aromatic rings. The standard InChI is InChI=1S/C13H16O/c1-3-4-5-6-13(14)12-9-7-11(2)8-10-12/h4-5,7-10H,3,6H2,1-2H3. The Hall–Kier alpha value is -1.37. The summed E-state index contributed by atoms with van der Waals surface area (Å²) >= 11 is 0. The maximum absolute atomic E-state index is 11.6. The summed E-state index contributed by atoms with van der Waals surface area (Å²) in [5.41, 5.74) is 1.99. The van der Waals surface area contributed by atoms with Gasteiger partial charge in [0, 0.05) is 12.0 Å². The van der Waals surface area contributed by atoms with Crippen molar-refractivity contribution < 1.29 is 4.79 Å². The molecule has 0 atom stereocenters. The van der Waals surface area contributed by atoms with Gasteiger partial charge in [0.05, 0.1) is 0 Å². The molecular weight excluding hydrogens is 172 g/mol. The minimum atomic E-state index is 0.190. The lowest BCUT2D eigenvalue weighted by Crippen LogP contribution is -1.96. The van der Waals surface area contributed by atoms with Crippen LogP contribution < -0.4 is 0 Å². The number of rotatable bonds is 4. The predicted octanol–water partition coefficient (Wildman–Crippen LogP) is 3.53. The first-order valence-corrected chi connectivity index (χ1v) is 4.99. The molecule has 0 spiro atoms. The number of aryl methyl sites for hydroxylation is 1. The molecule has 1 rings (SSSR count). The molecule has 0 N–H and O–H groups in total. The SMILES string of the molecule is CCC=CCC(=O)c1ccc(C)cc1. The van der Waals surface area contributed by atoms with E-state index in [0.29, 0.717) is 6.42 Å². The second-order valence-corrected chi connectivity index (χ2v) is 3.37. The number of benzene rings is 1. The lowest BCUT2D eigenvalue weighted by atomic mass is 10.1. The monoisotopic (exact) mass is 188 g/mol. The molecule has 1 nitrogen and oxygen atoms in total. The summed E-state index contributed by atoms with van der Waals surface area (Å²) < 4.78 is 0. The van der Waals surface area contributed by atoms with Crippen molar-refractivity contribution in [3.05, 3.63) is 47.5 Å². The van der Waals surface area contributed by atoms with Crippen LogP contribution in [0, 0.1) is 6.92 Å². The number of allylic oxidation sites excluding steroid dienone is 2. The van der Waals surface area contributed by atoms with Gasteiger partial charge in [-0.3, -0.25) is 4.79 Å². The highest BCUT2D eigenvalue weighted by Gasteiger charge is 2.01. The van der Waals surface area contributed by atoms with Crippen molar-refractivity contribution in [1.82, 2.24) is 0 Å². The number of carbonyl (C=O) groups excluding carboxylic acids is 1. The van der Waals surface area contributed by atoms with Crippen molar-refractivity contribution in [3.63, 3.8) is 0 Å². The third-order valence-corrected chi connectivity index (χ3v) is 2.08. The van der Waals surface area contributed by atoms with Gasteiger partial charge in [0.25, 0.3) is 0 Å². The maximum Gasteiger partial charge on any atom is 0.166 e. The summed E-state index contributed by atoms with van der Waals surface area (Å²) in [6, 6.07) is 7.71. The molecule has 1 aromatic carbocycles. The first-order valence-electron chi connectivity index (χ1n) is 4.99. The largest absolute Gasteiger partial charge is 0.294 e. The molecule has 0 saturated heterocycles. The highest BCUT2D eigenvalue weighted by molar-refractivity contribution is 5.96. The summed E-state index contributed by atoms with van der Waals surface area (Å²) in [4.78, 5) is 11.6. The molecule has 0 aliphatic carbocycles.